The minimum atomic E-state index is -0.180. The molecule has 4 nitrogen and oxygen atoms in total. The molecule has 1 aromatic carbocycles. The van der Waals surface area contributed by atoms with E-state index in [1.54, 1.807) is 0 Å². The first-order valence-corrected chi connectivity index (χ1v) is 6.08. The van der Waals surface area contributed by atoms with Crippen molar-refractivity contribution < 1.29 is 9.59 Å². The molecule has 1 aliphatic rings. The fourth-order valence-corrected chi connectivity index (χ4v) is 2.15. The number of imide groups is 1. The summed E-state index contributed by atoms with van der Waals surface area (Å²) in [6.45, 7) is 0. The van der Waals surface area contributed by atoms with Gasteiger partial charge < -0.3 is 5.32 Å². The van der Waals surface area contributed by atoms with Crippen LogP contribution in [-0.2, 0) is 16.0 Å². The van der Waals surface area contributed by atoms with Crippen molar-refractivity contribution >= 4 is 35.8 Å². The predicted molar refractivity (Wildman–Crippen MR) is 70.7 cm³/mol. The highest BCUT2D eigenvalue weighted by molar-refractivity contribution is 7.80. The van der Waals surface area contributed by atoms with E-state index < -0.39 is 0 Å². The molecule has 1 N–H and O–H groups in total. The standard InChI is InChI=1S/C12H14N2O2S/c1-13-9-2-3-10-8(6-9)7-12(16)14(10)11(15)4-5-17/h2-3,6,13,17H,4-5,7H2,1H3. The predicted octanol–water partition coefficient (Wildman–Crippen LogP) is 1.46. The third-order valence-corrected chi connectivity index (χ3v) is 3.00. The number of thiol groups is 1. The highest BCUT2D eigenvalue weighted by Crippen LogP contribution is 2.31. The summed E-state index contributed by atoms with van der Waals surface area (Å²) in [6, 6.07) is 5.57. The van der Waals surface area contributed by atoms with Crippen molar-refractivity contribution in [2.75, 3.05) is 23.0 Å². The molecule has 2 amide bonds. The fourth-order valence-electron chi connectivity index (χ4n) is 1.96. The van der Waals surface area contributed by atoms with Crippen LogP contribution in [0.4, 0.5) is 11.4 Å². The number of anilines is 2. The zero-order valence-corrected chi connectivity index (χ0v) is 10.5. The van der Waals surface area contributed by atoms with Gasteiger partial charge in [-0.25, -0.2) is 4.90 Å². The summed E-state index contributed by atoms with van der Waals surface area (Å²) in [4.78, 5) is 24.9. The van der Waals surface area contributed by atoms with Crippen LogP contribution in [0.15, 0.2) is 18.2 Å². The molecule has 0 saturated carbocycles. The molecule has 0 aromatic heterocycles. The van der Waals surface area contributed by atoms with Crippen molar-refractivity contribution in [2.24, 2.45) is 0 Å². The van der Waals surface area contributed by atoms with Crippen molar-refractivity contribution in [2.45, 2.75) is 12.8 Å². The number of nitrogens with zero attached hydrogens (tertiary/aromatic N) is 1. The summed E-state index contributed by atoms with van der Waals surface area (Å²) in [5.74, 6) is 0.119. The SMILES string of the molecule is CNc1ccc2c(c1)CC(=O)N2C(=O)CCS. The van der Waals surface area contributed by atoms with E-state index in [1.807, 2.05) is 25.2 Å². The van der Waals surface area contributed by atoms with Crippen molar-refractivity contribution in [3.05, 3.63) is 23.8 Å². The number of hydrogen-bond donors (Lipinski definition) is 2. The van der Waals surface area contributed by atoms with Gasteiger partial charge >= 0.3 is 0 Å². The minimum Gasteiger partial charge on any atom is -0.388 e. The van der Waals surface area contributed by atoms with Crippen molar-refractivity contribution in [3.63, 3.8) is 0 Å². The molecule has 0 saturated heterocycles. The normalized spacial score (nSPS) is 13.8. The van der Waals surface area contributed by atoms with Gasteiger partial charge in [0.1, 0.15) is 0 Å². The maximum atomic E-state index is 11.8. The lowest BCUT2D eigenvalue weighted by Crippen LogP contribution is -2.33. The van der Waals surface area contributed by atoms with E-state index in [0.717, 1.165) is 11.3 Å². The summed E-state index contributed by atoms with van der Waals surface area (Å²) in [7, 11) is 1.82. The largest absolute Gasteiger partial charge is 0.388 e. The zero-order chi connectivity index (χ0) is 12.4. The molecule has 1 heterocycles. The molecule has 0 aliphatic carbocycles. The van der Waals surface area contributed by atoms with Gasteiger partial charge in [0, 0.05) is 19.2 Å². The van der Waals surface area contributed by atoms with Gasteiger partial charge in [-0.3, -0.25) is 9.59 Å². The van der Waals surface area contributed by atoms with Gasteiger partial charge in [0.05, 0.1) is 12.1 Å². The lowest BCUT2D eigenvalue weighted by molar-refractivity contribution is -0.125. The topological polar surface area (TPSA) is 49.4 Å². The smallest absolute Gasteiger partial charge is 0.238 e. The fraction of sp³-hybridized carbons (Fsp3) is 0.333. The Bertz CT molecular complexity index is 474. The maximum Gasteiger partial charge on any atom is 0.238 e. The number of benzene rings is 1. The average Bonchev–Trinajstić information content (AvgIpc) is 2.64. The zero-order valence-electron chi connectivity index (χ0n) is 9.56. The van der Waals surface area contributed by atoms with Gasteiger partial charge in [-0.15, -0.1) is 0 Å². The van der Waals surface area contributed by atoms with Gasteiger partial charge in [0.2, 0.25) is 11.8 Å². The summed E-state index contributed by atoms with van der Waals surface area (Å²) in [5.41, 5.74) is 2.55. The number of carbonyl (C=O) groups is 2. The number of nitrogens with one attached hydrogen (secondary N) is 1. The Labute approximate surface area is 105 Å². The van der Waals surface area contributed by atoms with Gasteiger partial charge in [0.25, 0.3) is 0 Å². The molecule has 0 bridgehead atoms. The van der Waals surface area contributed by atoms with Crippen LogP contribution in [-0.4, -0.2) is 24.6 Å². The van der Waals surface area contributed by atoms with Crippen molar-refractivity contribution in [3.8, 4) is 0 Å². The molecule has 0 spiro atoms. The Morgan fingerprint density at radius 3 is 2.94 bits per heavy atom. The van der Waals surface area contributed by atoms with E-state index in [0.29, 0.717) is 17.9 Å². The number of amides is 2. The maximum absolute atomic E-state index is 11.8. The first-order chi connectivity index (χ1) is 8.17. The van der Waals surface area contributed by atoms with Crippen LogP contribution in [0.1, 0.15) is 12.0 Å². The van der Waals surface area contributed by atoms with Crippen LogP contribution in [0, 0.1) is 0 Å². The number of hydrogen-bond acceptors (Lipinski definition) is 4. The molecule has 17 heavy (non-hydrogen) atoms. The highest BCUT2D eigenvalue weighted by atomic mass is 32.1. The van der Waals surface area contributed by atoms with Gasteiger partial charge in [-0.2, -0.15) is 12.6 Å². The van der Waals surface area contributed by atoms with Crippen LogP contribution in [0.3, 0.4) is 0 Å². The lowest BCUT2D eigenvalue weighted by atomic mass is 10.1. The monoisotopic (exact) mass is 250 g/mol. The van der Waals surface area contributed by atoms with Crippen molar-refractivity contribution in [1.82, 2.24) is 0 Å². The van der Waals surface area contributed by atoms with Crippen LogP contribution >= 0.6 is 12.6 Å². The Kier molecular flexibility index (Phi) is 3.38. The molecular formula is C12H14N2O2S. The van der Waals surface area contributed by atoms with Crippen LogP contribution < -0.4 is 10.2 Å². The van der Waals surface area contributed by atoms with Gasteiger partial charge in [-0.05, 0) is 29.5 Å². The summed E-state index contributed by atoms with van der Waals surface area (Å²) in [5, 5.41) is 3.01. The number of carbonyl (C=O) groups excluding carboxylic acids is 2. The van der Waals surface area contributed by atoms with Crippen LogP contribution in [0.5, 0.6) is 0 Å². The summed E-state index contributed by atoms with van der Waals surface area (Å²) in [6.07, 6.45) is 0.575. The third kappa shape index (κ3) is 2.15. The molecule has 0 fully saturated rings. The third-order valence-electron chi connectivity index (χ3n) is 2.78. The minimum absolute atomic E-state index is 0.153. The Morgan fingerprint density at radius 1 is 1.53 bits per heavy atom. The van der Waals surface area contributed by atoms with E-state index in [1.165, 1.54) is 4.90 Å². The first kappa shape index (κ1) is 12.0. The molecular weight excluding hydrogens is 236 g/mol. The van der Waals surface area contributed by atoms with Crippen molar-refractivity contribution in [1.29, 1.82) is 0 Å². The second-order valence-electron chi connectivity index (χ2n) is 3.87. The Hall–Kier alpha value is -1.49. The second-order valence-corrected chi connectivity index (χ2v) is 4.31. The molecule has 90 valence electrons. The lowest BCUT2D eigenvalue weighted by Gasteiger charge is -2.15. The molecule has 1 aliphatic heterocycles. The van der Waals surface area contributed by atoms with E-state index in [9.17, 15) is 9.59 Å². The Morgan fingerprint density at radius 2 is 2.29 bits per heavy atom. The first-order valence-electron chi connectivity index (χ1n) is 5.44. The molecule has 2 rings (SSSR count). The second kappa shape index (κ2) is 4.79. The molecule has 0 radical (unpaired) electrons. The summed E-state index contributed by atoms with van der Waals surface area (Å²) < 4.78 is 0. The van der Waals surface area contributed by atoms with E-state index in [-0.39, 0.29) is 18.2 Å². The van der Waals surface area contributed by atoms with Gasteiger partial charge in [-0.1, -0.05) is 0 Å². The molecule has 1 aromatic rings. The number of rotatable bonds is 3. The molecule has 0 unspecified atom stereocenters. The Balaban J connectivity index is 2.34. The quantitative estimate of drug-likeness (QED) is 0.799. The van der Waals surface area contributed by atoms with E-state index >= 15 is 0 Å². The number of fused-ring (bicyclic) bond motifs is 1. The highest BCUT2D eigenvalue weighted by Gasteiger charge is 2.31. The van der Waals surface area contributed by atoms with E-state index in [2.05, 4.69) is 17.9 Å². The molecule has 5 heteroatoms. The summed E-state index contributed by atoms with van der Waals surface area (Å²) >= 11 is 4.02. The molecule has 0 atom stereocenters. The van der Waals surface area contributed by atoms with Crippen LogP contribution in [0.2, 0.25) is 0 Å². The van der Waals surface area contributed by atoms with E-state index in [4.69, 9.17) is 0 Å². The van der Waals surface area contributed by atoms with Crippen LogP contribution in [0.25, 0.3) is 0 Å². The average molecular weight is 250 g/mol. The van der Waals surface area contributed by atoms with Gasteiger partial charge in [0.15, 0.2) is 0 Å².